The number of carbonyl (C=O) groups excluding carboxylic acids is 1. The van der Waals surface area contributed by atoms with E-state index < -0.39 is 83.6 Å². The number of methoxy groups -OCH3 is 1. The van der Waals surface area contributed by atoms with Crippen LogP contribution in [0.3, 0.4) is 0 Å². The van der Waals surface area contributed by atoms with Crippen LogP contribution >= 0.6 is 0 Å². The van der Waals surface area contributed by atoms with Gasteiger partial charge in [-0.15, -0.1) is 0 Å². The minimum absolute atomic E-state index is 0.00897. The van der Waals surface area contributed by atoms with Crippen molar-refractivity contribution in [2.24, 2.45) is 16.7 Å². The zero-order chi connectivity index (χ0) is 28.4. The number of hydrogen-bond donors (Lipinski definition) is 7. The van der Waals surface area contributed by atoms with Gasteiger partial charge in [0.05, 0.1) is 47.6 Å². The first kappa shape index (κ1) is 29.1. The molecule has 10 nitrogen and oxygen atoms in total. The number of hydrogen-bond acceptors (Lipinski definition) is 10. The molecule has 0 bridgehead atoms. The average molecular weight is 537 g/mol. The smallest absolute Gasteiger partial charge is 0.338 e. The third-order valence-corrected chi connectivity index (χ3v) is 9.74. The summed E-state index contributed by atoms with van der Waals surface area (Å²) in [6, 6.07) is 8.04. The Morgan fingerprint density at radius 1 is 1.11 bits per heavy atom. The molecule has 0 saturated heterocycles. The highest BCUT2D eigenvalue weighted by Gasteiger charge is 2.75. The lowest BCUT2D eigenvalue weighted by Gasteiger charge is -2.59. The SMILES string of the molecule is CO[C@@H]1C[C@@]2(C(C)(C)O)C(=C1C)[C@@H](O)[C@H](O)[C@@]1(C)[C@H]([C@@H]2OC(=O)c2ccccc2)[C@](O)(CO)[C@@H](O)C[C@@H]1O. The van der Waals surface area contributed by atoms with Crippen LogP contribution in [0.1, 0.15) is 50.9 Å². The van der Waals surface area contributed by atoms with Gasteiger partial charge in [0.1, 0.15) is 17.8 Å². The molecule has 0 unspecified atom stereocenters. The van der Waals surface area contributed by atoms with Gasteiger partial charge in [-0.3, -0.25) is 0 Å². The molecule has 1 aromatic rings. The van der Waals surface area contributed by atoms with Gasteiger partial charge in [-0.2, -0.15) is 0 Å². The van der Waals surface area contributed by atoms with Crippen molar-refractivity contribution in [3.8, 4) is 0 Å². The zero-order valence-corrected chi connectivity index (χ0v) is 22.4. The summed E-state index contributed by atoms with van der Waals surface area (Å²) in [5.74, 6) is -2.36. The van der Waals surface area contributed by atoms with E-state index in [2.05, 4.69) is 0 Å². The molecule has 10 heteroatoms. The number of aliphatic hydroxyl groups excluding tert-OH is 5. The second-order valence-corrected chi connectivity index (χ2v) is 11.9. The number of ether oxygens (including phenoxy) is 2. The van der Waals surface area contributed by atoms with Gasteiger partial charge in [0.15, 0.2) is 0 Å². The molecule has 0 aromatic heterocycles. The predicted molar refractivity (Wildman–Crippen MR) is 135 cm³/mol. The van der Waals surface area contributed by atoms with E-state index in [0.29, 0.717) is 5.57 Å². The van der Waals surface area contributed by atoms with Crippen molar-refractivity contribution in [2.45, 2.75) is 88.4 Å². The summed E-state index contributed by atoms with van der Waals surface area (Å²) in [6.45, 7) is 5.05. The highest BCUT2D eigenvalue weighted by Crippen LogP contribution is 2.65. The molecule has 3 aliphatic carbocycles. The van der Waals surface area contributed by atoms with Crippen molar-refractivity contribution in [3.05, 3.63) is 47.0 Å². The summed E-state index contributed by atoms with van der Waals surface area (Å²) in [6.07, 6.45) is -9.17. The van der Waals surface area contributed by atoms with Gasteiger partial charge in [-0.1, -0.05) is 25.1 Å². The molecule has 0 amide bonds. The molecule has 0 radical (unpaired) electrons. The lowest BCUT2D eigenvalue weighted by atomic mass is 9.51. The van der Waals surface area contributed by atoms with Crippen molar-refractivity contribution in [3.63, 3.8) is 0 Å². The summed E-state index contributed by atoms with van der Waals surface area (Å²) in [5.41, 5.74) is -6.75. The first-order chi connectivity index (χ1) is 17.6. The highest BCUT2D eigenvalue weighted by atomic mass is 16.5. The minimum Gasteiger partial charge on any atom is -0.457 e. The van der Waals surface area contributed by atoms with Crippen LogP contribution in [0.25, 0.3) is 0 Å². The summed E-state index contributed by atoms with van der Waals surface area (Å²) >= 11 is 0. The third kappa shape index (κ3) is 3.81. The Labute approximate surface area is 222 Å². The van der Waals surface area contributed by atoms with Gasteiger partial charge in [0.2, 0.25) is 0 Å². The van der Waals surface area contributed by atoms with Gasteiger partial charge in [0, 0.05) is 24.9 Å². The van der Waals surface area contributed by atoms with Crippen LogP contribution < -0.4 is 0 Å². The maximum atomic E-state index is 13.6. The standard InChI is InChI=1S/C28H40O10/c1-14-16(37-5)12-27(25(2,3)35)19(14)20(32)22(33)26(4)17(30)11-18(31)28(36,13-29)21(26)23(27)38-24(34)15-9-7-6-8-10-15/h6-10,16-18,20-23,29-33,35-36H,11-13H2,1-5H3/t16-,17+,18+,20-,21+,22+,23+,26-,27-,28+/m1/s1. The maximum absolute atomic E-state index is 13.6. The fourth-order valence-corrected chi connectivity index (χ4v) is 7.54. The van der Waals surface area contributed by atoms with E-state index >= 15 is 0 Å². The van der Waals surface area contributed by atoms with Gasteiger partial charge < -0.3 is 45.2 Å². The number of esters is 1. The zero-order valence-electron chi connectivity index (χ0n) is 22.4. The lowest BCUT2D eigenvalue weighted by Crippen LogP contribution is -2.73. The molecular formula is C28H40O10. The van der Waals surface area contributed by atoms with Crippen molar-refractivity contribution in [2.75, 3.05) is 13.7 Å². The van der Waals surface area contributed by atoms with Crippen molar-refractivity contribution < 1.29 is 50.0 Å². The van der Waals surface area contributed by atoms with Gasteiger partial charge in [-0.25, -0.2) is 4.79 Å². The van der Waals surface area contributed by atoms with Crippen LogP contribution in [-0.4, -0.2) is 103 Å². The molecule has 0 aliphatic heterocycles. The quantitative estimate of drug-likeness (QED) is 0.199. The Morgan fingerprint density at radius 2 is 1.71 bits per heavy atom. The molecule has 0 heterocycles. The van der Waals surface area contributed by atoms with Crippen LogP contribution in [0.5, 0.6) is 0 Å². The fraction of sp³-hybridized carbons (Fsp3) is 0.679. The number of carbonyl (C=O) groups is 1. The van der Waals surface area contributed by atoms with E-state index in [1.165, 1.54) is 40.0 Å². The van der Waals surface area contributed by atoms with Crippen LogP contribution in [0, 0.1) is 16.7 Å². The summed E-state index contributed by atoms with van der Waals surface area (Å²) < 4.78 is 11.8. The van der Waals surface area contributed by atoms with Crippen molar-refractivity contribution in [1.82, 2.24) is 0 Å². The molecule has 3 aliphatic rings. The minimum atomic E-state index is -2.39. The van der Waals surface area contributed by atoms with Crippen LogP contribution in [0.4, 0.5) is 0 Å². The highest BCUT2D eigenvalue weighted by molar-refractivity contribution is 5.89. The van der Waals surface area contributed by atoms with Crippen molar-refractivity contribution in [1.29, 1.82) is 0 Å². The van der Waals surface area contributed by atoms with Crippen molar-refractivity contribution >= 4 is 5.97 Å². The van der Waals surface area contributed by atoms with E-state index in [4.69, 9.17) is 9.47 Å². The molecule has 2 saturated carbocycles. The van der Waals surface area contributed by atoms with E-state index in [-0.39, 0.29) is 17.6 Å². The number of benzene rings is 1. The topological polar surface area (TPSA) is 177 Å². The van der Waals surface area contributed by atoms with E-state index in [0.717, 1.165) is 0 Å². The molecule has 4 rings (SSSR count). The number of fused-ring (bicyclic) bond motifs is 2. The monoisotopic (exact) mass is 536 g/mol. The summed E-state index contributed by atoms with van der Waals surface area (Å²) in [4.78, 5) is 13.6. The lowest BCUT2D eigenvalue weighted by molar-refractivity contribution is -0.284. The molecular weight excluding hydrogens is 496 g/mol. The Kier molecular flexibility index (Phi) is 7.38. The van der Waals surface area contributed by atoms with Gasteiger partial charge >= 0.3 is 5.97 Å². The third-order valence-electron chi connectivity index (χ3n) is 9.74. The first-order valence-corrected chi connectivity index (χ1v) is 12.9. The normalized spacial score (nSPS) is 43.3. The van der Waals surface area contributed by atoms with Crippen LogP contribution in [0.2, 0.25) is 0 Å². The molecule has 1 aromatic carbocycles. The van der Waals surface area contributed by atoms with Crippen LogP contribution in [-0.2, 0) is 9.47 Å². The molecule has 212 valence electrons. The fourth-order valence-electron chi connectivity index (χ4n) is 7.54. The van der Waals surface area contributed by atoms with E-state index in [9.17, 15) is 40.5 Å². The summed E-state index contributed by atoms with van der Waals surface area (Å²) in [7, 11) is 1.45. The average Bonchev–Trinajstić information content (AvgIpc) is 3.16. The molecule has 0 spiro atoms. The Balaban J connectivity index is 2.09. The van der Waals surface area contributed by atoms with E-state index in [1.54, 1.807) is 25.1 Å². The van der Waals surface area contributed by atoms with Crippen LogP contribution in [0.15, 0.2) is 41.5 Å². The predicted octanol–water partition coefficient (Wildman–Crippen LogP) is -0.0887. The number of rotatable bonds is 5. The molecule has 10 atom stereocenters. The summed E-state index contributed by atoms with van der Waals surface area (Å²) in [5, 5.41) is 79.8. The Morgan fingerprint density at radius 3 is 2.24 bits per heavy atom. The second kappa shape index (κ2) is 9.64. The Hall–Kier alpha value is -1.89. The molecule has 7 N–H and O–H groups in total. The maximum Gasteiger partial charge on any atom is 0.338 e. The second-order valence-electron chi connectivity index (χ2n) is 11.9. The number of aliphatic hydroxyl groups is 7. The van der Waals surface area contributed by atoms with E-state index in [1.807, 2.05) is 0 Å². The van der Waals surface area contributed by atoms with Gasteiger partial charge in [-0.05, 0) is 50.5 Å². The molecule has 38 heavy (non-hydrogen) atoms. The Bertz CT molecular complexity index is 1080. The van der Waals surface area contributed by atoms with Gasteiger partial charge in [0.25, 0.3) is 0 Å². The largest absolute Gasteiger partial charge is 0.457 e. The first-order valence-electron chi connectivity index (χ1n) is 12.9. The molecule has 2 fully saturated rings.